The van der Waals surface area contributed by atoms with Crippen LogP contribution in [0.2, 0.25) is 15.1 Å². The normalized spacial score (nSPS) is 12.5. The van der Waals surface area contributed by atoms with Gasteiger partial charge in [0.05, 0.1) is 16.1 Å². The van der Waals surface area contributed by atoms with E-state index in [-0.39, 0.29) is 0 Å². The Morgan fingerprint density at radius 1 is 0.947 bits per heavy atom. The third kappa shape index (κ3) is 3.64. The summed E-state index contributed by atoms with van der Waals surface area (Å²) in [4.78, 5) is 0. The first kappa shape index (κ1) is 14.7. The molecule has 0 aliphatic carbocycles. The maximum absolute atomic E-state index is 10.2. The lowest BCUT2D eigenvalue weighted by Gasteiger charge is -2.13. The molecule has 1 unspecified atom stereocenters. The summed E-state index contributed by atoms with van der Waals surface area (Å²) in [5.41, 5.74) is 2.73. The second kappa shape index (κ2) is 6.15. The average Bonchev–Trinajstić information content (AvgIpc) is 2.37. The molecular weight excluding hydrogens is 303 g/mol. The average molecular weight is 316 g/mol. The quantitative estimate of drug-likeness (QED) is 0.822. The predicted molar refractivity (Wildman–Crippen MR) is 81.3 cm³/mol. The van der Waals surface area contributed by atoms with Gasteiger partial charge in [-0.2, -0.15) is 0 Å². The molecule has 0 saturated carbocycles. The number of benzene rings is 2. The molecule has 0 aliphatic rings. The van der Waals surface area contributed by atoms with Gasteiger partial charge < -0.3 is 5.11 Å². The van der Waals surface area contributed by atoms with Gasteiger partial charge in [-0.3, -0.25) is 0 Å². The Balaban J connectivity index is 2.17. The zero-order valence-corrected chi connectivity index (χ0v) is 12.6. The largest absolute Gasteiger partial charge is 0.388 e. The number of aliphatic hydroxyl groups excluding tert-OH is 1. The lowest BCUT2D eigenvalue weighted by atomic mass is 10.00. The van der Waals surface area contributed by atoms with Crippen LogP contribution in [0.5, 0.6) is 0 Å². The highest BCUT2D eigenvalue weighted by Crippen LogP contribution is 2.27. The summed E-state index contributed by atoms with van der Waals surface area (Å²) < 4.78 is 0. The van der Waals surface area contributed by atoms with Crippen LogP contribution in [0.15, 0.2) is 36.4 Å². The molecule has 2 aromatic carbocycles. The molecule has 0 bridgehead atoms. The molecule has 0 heterocycles. The number of aliphatic hydroxyl groups is 1. The van der Waals surface area contributed by atoms with Crippen LogP contribution < -0.4 is 0 Å². The van der Waals surface area contributed by atoms with Crippen molar-refractivity contribution in [2.24, 2.45) is 0 Å². The van der Waals surface area contributed by atoms with Crippen molar-refractivity contribution in [3.8, 4) is 0 Å². The molecule has 1 nitrogen and oxygen atoms in total. The molecule has 1 atom stereocenters. The third-order valence-corrected chi connectivity index (χ3v) is 4.14. The van der Waals surface area contributed by atoms with Gasteiger partial charge in [0.25, 0.3) is 0 Å². The first-order chi connectivity index (χ1) is 8.97. The summed E-state index contributed by atoms with van der Waals surface area (Å²) >= 11 is 17.8. The Labute approximate surface area is 127 Å². The van der Waals surface area contributed by atoms with E-state index < -0.39 is 6.10 Å². The van der Waals surface area contributed by atoms with Gasteiger partial charge in [0.15, 0.2) is 0 Å². The summed E-state index contributed by atoms with van der Waals surface area (Å²) in [6, 6.07) is 10.9. The summed E-state index contributed by atoms with van der Waals surface area (Å²) in [7, 11) is 0. The second-order valence-electron chi connectivity index (χ2n) is 4.48. The summed E-state index contributed by atoms with van der Waals surface area (Å²) in [6.45, 7) is 1.91. The van der Waals surface area contributed by atoms with E-state index in [9.17, 15) is 5.11 Å². The Morgan fingerprint density at radius 2 is 1.63 bits per heavy atom. The minimum Gasteiger partial charge on any atom is -0.388 e. The molecule has 0 saturated heterocycles. The lowest BCUT2D eigenvalue weighted by molar-refractivity contribution is 0.178. The van der Waals surface area contributed by atoms with Gasteiger partial charge in [-0.05, 0) is 41.8 Å². The number of hydrogen-bond acceptors (Lipinski definition) is 1. The van der Waals surface area contributed by atoms with Crippen LogP contribution in [0, 0.1) is 6.92 Å². The van der Waals surface area contributed by atoms with E-state index in [0.29, 0.717) is 21.5 Å². The molecule has 2 rings (SSSR count). The predicted octanol–water partition coefficient (Wildman–Crippen LogP) is 5.23. The molecule has 4 heteroatoms. The van der Waals surface area contributed by atoms with Crippen molar-refractivity contribution >= 4 is 34.8 Å². The topological polar surface area (TPSA) is 20.2 Å². The van der Waals surface area contributed by atoms with Crippen molar-refractivity contribution in [1.29, 1.82) is 0 Å². The van der Waals surface area contributed by atoms with E-state index in [0.717, 1.165) is 16.7 Å². The highest BCUT2D eigenvalue weighted by Gasteiger charge is 2.11. The van der Waals surface area contributed by atoms with Crippen LogP contribution in [-0.4, -0.2) is 5.11 Å². The van der Waals surface area contributed by atoms with Gasteiger partial charge in [0, 0.05) is 11.4 Å². The Hall–Kier alpha value is -0.730. The van der Waals surface area contributed by atoms with E-state index in [2.05, 4.69) is 0 Å². The fourth-order valence-electron chi connectivity index (χ4n) is 1.88. The molecule has 0 spiro atoms. The van der Waals surface area contributed by atoms with Crippen LogP contribution in [0.4, 0.5) is 0 Å². The van der Waals surface area contributed by atoms with Crippen LogP contribution >= 0.6 is 34.8 Å². The number of rotatable bonds is 3. The minimum absolute atomic E-state index is 0.484. The van der Waals surface area contributed by atoms with Gasteiger partial charge in [-0.15, -0.1) is 0 Å². The Morgan fingerprint density at radius 3 is 2.26 bits per heavy atom. The van der Waals surface area contributed by atoms with Crippen molar-refractivity contribution in [1.82, 2.24) is 0 Å². The maximum Gasteiger partial charge on any atom is 0.0830 e. The summed E-state index contributed by atoms with van der Waals surface area (Å²) in [6.07, 6.45) is -0.106. The molecule has 1 N–H and O–H groups in total. The van der Waals surface area contributed by atoms with Gasteiger partial charge in [-0.25, -0.2) is 0 Å². The van der Waals surface area contributed by atoms with Crippen LogP contribution in [0.3, 0.4) is 0 Å². The molecule has 100 valence electrons. The van der Waals surface area contributed by atoms with Gasteiger partial charge in [-0.1, -0.05) is 53.0 Å². The molecule has 0 aliphatic heterocycles. The van der Waals surface area contributed by atoms with E-state index in [4.69, 9.17) is 34.8 Å². The smallest absolute Gasteiger partial charge is 0.0830 e. The van der Waals surface area contributed by atoms with Gasteiger partial charge in [0.1, 0.15) is 0 Å². The first-order valence-corrected chi connectivity index (χ1v) is 6.99. The molecule has 0 aromatic heterocycles. The monoisotopic (exact) mass is 314 g/mol. The van der Waals surface area contributed by atoms with E-state index in [1.807, 2.05) is 25.1 Å². The molecule has 0 amide bonds. The lowest BCUT2D eigenvalue weighted by Crippen LogP contribution is -2.02. The molecule has 0 fully saturated rings. The summed E-state index contributed by atoms with van der Waals surface area (Å²) in [5, 5.41) is 11.9. The van der Waals surface area contributed by atoms with E-state index >= 15 is 0 Å². The fraction of sp³-hybridized carbons (Fsp3) is 0.200. The minimum atomic E-state index is -0.590. The molecular formula is C15H13Cl3O. The fourth-order valence-corrected chi connectivity index (χ4v) is 2.32. The van der Waals surface area contributed by atoms with Crippen LogP contribution in [-0.2, 0) is 6.42 Å². The highest BCUT2D eigenvalue weighted by atomic mass is 35.5. The van der Waals surface area contributed by atoms with Crippen LogP contribution in [0.25, 0.3) is 0 Å². The number of hydrogen-bond donors (Lipinski definition) is 1. The molecule has 2 aromatic rings. The van der Waals surface area contributed by atoms with E-state index in [1.54, 1.807) is 18.2 Å². The number of aryl methyl sites for hydroxylation is 1. The van der Waals surface area contributed by atoms with Crippen molar-refractivity contribution in [3.05, 3.63) is 68.2 Å². The van der Waals surface area contributed by atoms with Crippen molar-refractivity contribution < 1.29 is 5.11 Å². The zero-order chi connectivity index (χ0) is 14.0. The molecule has 0 radical (unpaired) electrons. The Bertz CT molecular complexity index is 596. The van der Waals surface area contributed by atoms with Crippen molar-refractivity contribution in [2.75, 3.05) is 0 Å². The second-order valence-corrected chi connectivity index (χ2v) is 5.70. The SMILES string of the molecule is Cc1cc(C(O)Cc2ccc(Cl)c(Cl)c2)ccc1Cl. The Kier molecular flexibility index (Phi) is 4.75. The molecule has 19 heavy (non-hydrogen) atoms. The van der Waals surface area contributed by atoms with Crippen molar-refractivity contribution in [2.45, 2.75) is 19.4 Å². The van der Waals surface area contributed by atoms with E-state index in [1.165, 1.54) is 0 Å². The summed E-state index contributed by atoms with van der Waals surface area (Å²) in [5.74, 6) is 0. The highest BCUT2D eigenvalue weighted by molar-refractivity contribution is 6.42. The third-order valence-electron chi connectivity index (χ3n) is 2.98. The maximum atomic E-state index is 10.2. The zero-order valence-electron chi connectivity index (χ0n) is 10.3. The van der Waals surface area contributed by atoms with Crippen molar-refractivity contribution in [3.63, 3.8) is 0 Å². The first-order valence-electron chi connectivity index (χ1n) is 5.85. The van der Waals surface area contributed by atoms with Gasteiger partial charge in [0.2, 0.25) is 0 Å². The van der Waals surface area contributed by atoms with Crippen LogP contribution in [0.1, 0.15) is 22.8 Å². The number of halogens is 3. The standard InChI is InChI=1S/C15H13Cl3O/c1-9-6-11(3-5-12(9)16)15(19)8-10-2-4-13(17)14(18)7-10/h2-7,15,19H,8H2,1H3. The van der Waals surface area contributed by atoms with Gasteiger partial charge >= 0.3 is 0 Å².